The number of hydrogen-bond acceptors (Lipinski definition) is 6. The lowest BCUT2D eigenvalue weighted by atomic mass is 10.1. The van der Waals surface area contributed by atoms with Gasteiger partial charge in [0.05, 0.1) is 4.91 Å². The van der Waals surface area contributed by atoms with Crippen LogP contribution in [0.4, 0.5) is 10.5 Å². The molecular weight excluding hydrogens is 480 g/mol. The molecule has 1 N–H and O–H groups in total. The summed E-state index contributed by atoms with van der Waals surface area (Å²) >= 11 is 8.10. The van der Waals surface area contributed by atoms with E-state index < -0.39 is 17.1 Å². The number of nitrogens with one attached hydrogen (secondary N) is 1. The lowest BCUT2D eigenvalue weighted by Gasteiger charge is -2.13. The molecule has 33 heavy (non-hydrogen) atoms. The molecule has 0 unspecified atom stereocenters. The quantitative estimate of drug-likeness (QED) is 0.397. The Balaban J connectivity index is 1.40. The first-order chi connectivity index (χ1) is 15.8. The van der Waals surface area contributed by atoms with Crippen molar-refractivity contribution in [1.82, 2.24) is 4.90 Å². The molecule has 3 amide bonds. The summed E-state index contributed by atoms with van der Waals surface area (Å²) in [5.41, 5.74) is 2.76. The molecule has 1 fully saturated rings. The Morgan fingerprint density at radius 1 is 1.09 bits per heavy atom. The molecule has 0 atom stereocenters. The standard InChI is InChI=1S/C24H19ClN2O4S2/c1-14-3-6-17(11-15(14)2)26-21(28)13-27-23(29)20(33-24(27)30)12-18-7-10-22(31-18)32-19-8-4-16(25)5-9-19/h3-12H,13H2,1-2H3,(H,26,28)/b20-12-. The molecule has 168 valence electrons. The van der Waals surface area contributed by atoms with Crippen LogP contribution in [0.3, 0.4) is 0 Å². The van der Waals surface area contributed by atoms with Gasteiger partial charge in [0.2, 0.25) is 5.91 Å². The Hall–Kier alpha value is -2.94. The van der Waals surface area contributed by atoms with E-state index in [-0.39, 0.29) is 11.4 Å². The van der Waals surface area contributed by atoms with Crippen LogP contribution in [0.15, 0.2) is 73.9 Å². The van der Waals surface area contributed by atoms with Crippen molar-refractivity contribution in [2.45, 2.75) is 23.8 Å². The van der Waals surface area contributed by atoms with Crippen LogP contribution in [0.5, 0.6) is 0 Å². The van der Waals surface area contributed by atoms with Gasteiger partial charge in [0.25, 0.3) is 11.1 Å². The summed E-state index contributed by atoms with van der Waals surface area (Å²) in [5, 5.41) is 3.52. The van der Waals surface area contributed by atoms with E-state index in [1.165, 1.54) is 17.8 Å². The summed E-state index contributed by atoms with van der Waals surface area (Å²) in [6.07, 6.45) is 1.51. The topological polar surface area (TPSA) is 79.6 Å². The first-order valence-electron chi connectivity index (χ1n) is 9.94. The molecule has 0 saturated carbocycles. The Labute approximate surface area is 204 Å². The Kier molecular flexibility index (Phi) is 6.97. The van der Waals surface area contributed by atoms with Crippen molar-refractivity contribution in [3.63, 3.8) is 0 Å². The summed E-state index contributed by atoms with van der Waals surface area (Å²) in [6, 6.07) is 16.4. The maximum Gasteiger partial charge on any atom is 0.294 e. The summed E-state index contributed by atoms with van der Waals surface area (Å²) in [5.74, 6) is -0.526. The molecule has 1 aliphatic heterocycles. The normalized spacial score (nSPS) is 14.9. The van der Waals surface area contributed by atoms with E-state index in [0.29, 0.717) is 21.6 Å². The molecule has 0 radical (unpaired) electrons. The molecular formula is C24H19ClN2O4S2. The molecule has 1 saturated heterocycles. The number of aryl methyl sites for hydroxylation is 2. The Morgan fingerprint density at radius 3 is 2.58 bits per heavy atom. The van der Waals surface area contributed by atoms with Gasteiger partial charge in [-0.25, -0.2) is 0 Å². The van der Waals surface area contributed by atoms with Gasteiger partial charge >= 0.3 is 0 Å². The van der Waals surface area contributed by atoms with Gasteiger partial charge in [-0.3, -0.25) is 19.3 Å². The van der Waals surface area contributed by atoms with Crippen LogP contribution < -0.4 is 5.32 Å². The van der Waals surface area contributed by atoms with Crippen LogP contribution in [0.1, 0.15) is 16.9 Å². The number of furan rings is 1. The minimum atomic E-state index is -0.524. The summed E-state index contributed by atoms with van der Waals surface area (Å²) in [4.78, 5) is 39.6. The zero-order valence-corrected chi connectivity index (χ0v) is 20.1. The molecule has 3 aromatic rings. The van der Waals surface area contributed by atoms with Crippen molar-refractivity contribution in [2.75, 3.05) is 11.9 Å². The fraction of sp³-hybridized carbons (Fsp3) is 0.125. The van der Waals surface area contributed by atoms with E-state index >= 15 is 0 Å². The molecule has 9 heteroatoms. The minimum Gasteiger partial charge on any atom is -0.450 e. The molecule has 1 aliphatic rings. The number of nitrogens with zero attached hydrogens (tertiary/aromatic N) is 1. The molecule has 0 spiro atoms. The van der Waals surface area contributed by atoms with Gasteiger partial charge in [0.15, 0.2) is 5.09 Å². The molecule has 6 nitrogen and oxygen atoms in total. The third kappa shape index (κ3) is 5.71. The van der Waals surface area contributed by atoms with Crippen molar-refractivity contribution in [2.24, 2.45) is 0 Å². The van der Waals surface area contributed by atoms with Crippen LogP contribution in [0.25, 0.3) is 6.08 Å². The van der Waals surface area contributed by atoms with Crippen molar-refractivity contribution in [3.8, 4) is 0 Å². The number of hydrogen-bond donors (Lipinski definition) is 1. The SMILES string of the molecule is Cc1ccc(NC(=O)CN2C(=O)S/C(=C\c3ccc(Sc4ccc(Cl)cc4)o3)C2=O)cc1C. The van der Waals surface area contributed by atoms with E-state index in [2.05, 4.69) is 5.32 Å². The van der Waals surface area contributed by atoms with Gasteiger partial charge in [-0.05, 0) is 85.3 Å². The van der Waals surface area contributed by atoms with Crippen LogP contribution in [0, 0.1) is 13.8 Å². The van der Waals surface area contributed by atoms with Gasteiger partial charge in [0.1, 0.15) is 12.3 Å². The van der Waals surface area contributed by atoms with Crippen LogP contribution in [0.2, 0.25) is 5.02 Å². The fourth-order valence-corrected chi connectivity index (χ4v) is 4.74. The zero-order valence-electron chi connectivity index (χ0n) is 17.8. The number of imide groups is 1. The molecule has 2 aromatic carbocycles. The second-order valence-corrected chi connectivity index (χ2v) is 9.84. The smallest absolute Gasteiger partial charge is 0.294 e. The maximum absolute atomic E-state index is 12.7. The Bertz CT molecular complexity index is 1270. The van der Waals surface area contributed by atoms with Crippen molar-refractivity contribution in [3.05, 3.63) is 81.4 Å². The lowest BCUT2D eigenvalue weighted by Crippen LogP contribution is -2.36. The molecule has 4 rings (SSSR count). The average molecular weight is 499 g/mol. The summed E-state index contributed by atoms with van der Waals surface area (Å²) in [6.45, 7) is 3.57. The van der Waals surface area contributed by atoms with Gasteiger partial charge in [-0.2, -0.15) is 0 Å². The second kappa shape index (κ2) is 9.91. The number of carbonyl (C=O) groups excluding carboxylic acids is 3. The van der Waals surface area contributed by atoms with E-state index in [1.807, 2.05) is 38.1 Å². The fourth-order valence-electron chi connectivity index (χ4n) is 3.01. The van der Waals surface area contributed by atoms with Gasteiger partial charge in [-0.15, -0.1) is 0 Å². The number of halogens is 1. The van der Waals surface area contributed by atoms with Crippen molar-refractivity contribution >= 4 is 63.9 Å². The van der Waals surface area contributed by atoms with Crippen LogP contribution in [-0.4, -0.2) is 28.5 Å². The number of amides is 3. The number of rotatable bonds is 6. The van der Waals surface area contributed by atoms with Crippen LogP contribution >= 0.6 is 35.1 Å². The van der Waals surface area contributed by atoms with Crippen LogP contribution in [-0.2, 0) is 9.59 Å². The third-order valence-electron chi connectivity index (χ3n) is 4.87. The molecule has 0 aliphatic carbocycles. The summed E-state index contributed by atoms with van der Waals surface area (Å²) < 4.78 is 5.76. The summed E-state index contributed by atoms with van der Waals surface area (Å²) in [7, 11) is 0. The minimum absolute atomic E-state index is 0.205. The van der Waals surface area contributed by atoms with Gasteiger partial charge in [-0.1, -0.05) is 29.4 Å². The number of benzene rings is 2. The predicted octanol–water partition coefficient (Wildman–Crippen LogP) is 6.38. The number of thioether (sulfide) groups is 1. The van der Waals surface area contributed by atoms with E-state index in [9.17, 15) is 14.4 Å². The predicted molar refractivity (Wildman–Crippen MR) is 132 cm³/mol. The van der Waals surface area contributed by atoms with Crippen molar-refractivity contribution < 1.29 is 18.8 Å². The van der Waals surface area contributed by atoms with Crippen molar-refractivity contribution in [1.29, 1.82) is 0 Å². The van der Waals surface area contributed by atoms with E-state index in [1.54, 1.807) is 30.3 Å². The Morgan fingerprint density at radius 2 is 1.85 bits per heavy atom. The van der Waals surface area contributed by atoms with Gasteiger partial charge < -0.3 is 9.73 Å². The second-order valence-electron chi connectivity index (χ2n) is 7.33. The monoisotopic (exact) mass is 498 g/mol. The molecule has 0 bridgehead atoms. The largest absolute Gasteiger partial charge is 0.450 e. The molecule has 1 aromatic heterocycles. The highest BCUT2D eigenvalue weighted by atomic mass is 35.5. The maximum atomic E-state index is 12.7. The number of carbonyl (C=O) groups is 3. The average Bonchev–Trinajstić information content (AvgIpc) is 3.32. The highest BCUT2D eigenvalue weighted by Crippen LogP contribution is 2.34. The lowest BCUT2D eigenvalue weighted by molar-refractivity contribution is -0.127. The first kappa shape index (κ1) is 23.2. The number of anilines is 1. The first-order valence-corrected chi connectivity index (χ1v) is 12.0. The van der Waals surface area contributed by atoms with E-state index in [0.717, 1.165) is 32.7 Å². The third-order valence-corrected chi connectivity index (χ3v) is 6.96. The van der Waals surface area contributed by atoms with Gasteiger partial charge in [0, 0.05) is 21.7 Å². The molecule has 2 heterocycles. The zero-order chi connectivity index (χ0) is 23.5. The van der Waals surface area contributed by atoms with E-state index in [4.69, 9.17) is 16.0 Å². The highest BCUT2D eigenvalue weighted by molar-refractivity contribution is 8.18. The highest BCUT2D eigenvalue weighted by Gasteiger charge is 2.36.